The minimum absolute atomic E-state index is 0. The van der Waals surface area contributed by atoms with Crippen molar-refractivity contribution in [2.75, 3.05) is 5.32 Å². The number of hydrogen-bond donors (Lipinski definition) is 2. The minimum atomic E-state index is -1.31. The molecule has 0 aliphatic rings. The van der Waals surface area contributed by atoms with Gasteiger partial charge < -0.3 is 20.5 Å². The van der Waals surface area contributed by atoms with Gasteiger partial charge in [-0.05, 0) is 30.2 Å². The van der Waals surface area contributed by atoms with Gasteiger partial charge in [-0.3, -0.25) is 0 Å². The van der Waals surface area contributed by atoms with Crippen LogP contribution in [0.3, 0.4) is 0 Å². The third-order valence-corrected chi connectivity index (χ3v) is 2.56. The largest absolute Gasteiger partial charge is 1.00 e. The summed E-state index contributed by atoms with van der Waals surface area (Å²) in [6, 6.07) is 4.85. The molecule has 2 N–H and O–H groups in total. The van der Waals surface area contributed by atoms with Crippen molar-refractivity contribution >= 4 is 29.3 Å². The minimum Gasteiger partial charge on any atom is -0.548 e. The molecule has 0 aliphatic carbocycles. The van der Waals surface area contributed by atoms with Crippen LogP contribution in [0.5, 0.6) is 0 Å². The van der Waals surface area contributed by atoms with Crippen LogP contribution < -0.4 is 67.1 Å². The van der Waals surface area contributed by atoms with Gasteiger partial charge in [-0.25, -0.2) is 4.79 Å². The topological polar surface area (TPSA) is 81.3 Å². The van der Waals surface area contributed by atoms with Gasteiger partial charge in [0.15, 0.2) is 0 Å². The quantitative estimate of drug-likeness (QED) is 0.647. The van der Waals surface area contributed by atoms with Crippen LogP contribution in [0.15, 0.2) is 24.3 Å². The van der Waals surface area contributed by atoms with Crippen molar-refractivity contribution in [2.24, 2.45) is 5.92 Å². The number of benzene rings is 1. The number of carboxylic acid groups (broad SMARTS) is 1. The molecule has 2 amide bonds. The summed E-state index contributed by atoms with van der Waals surface area (Å²) in [5.74, 6) is -1.57. The Kier molecular flexibility index (Phi) is 8.89. The molecule has 0 saturated carbocycles. The summed E-state index contributed by atoms with van der Waals surface area (Å²) in [6.45, 7) is 3.37. The molecule has 0 spiro atoms. The van der Waals surface area contributed by atoms with Crippen molar-refractivity contribution in [1.29, 1.82) is 0 Å². The van der Waals surface area contributed by atoms with E-state index in [9.17, 15) is 14.7 Å². The van der Waals surface area contributed by atoms with Crippen molar-refractivity contribution in [2.45, 2.75) is 19.9 Å². The number of carbonyl (C=O) groups excluding carboxylic acids is 2. The molecule has 0 saturated heterocycles. The van der Waals surface area contributed by atoms with E-state index in [1.165, 1.54) is 0 Å². The molecule has 1 aromatic rings. The Morgan fingerprint density at radius 3 is 2.16 bits per heavy atom. The maximum absolute atomic E-state index is 11.6. The van der Waals surface area contributed by atoms with Crippen LogP contribution in [-0.4, -0.2) is 18.0 Å². The molecule has 7 heteroatoms. The van der Waals surface area contributed by atoms with Crippen molar-refractivity contribution in [3.05, 3.63) is 29.3 Å². The van der Waals surface area contributed by atoms with E-state index in [0.717, 1.165) is 0 Å². The monoisotopic (exact) mass is 308 g/mol. The Hall–Kier alpha value is -0.114. The first kappa shape index (κ1) is 18.9. The summed E-state index contributed by atoms with van der Waals surface area (Å²) >= 11 is 5.70. The van der Waals surface area contributed by atoms with Gasteiger partial charge in [0.2, 0.25) is 0 Å². The molecule has 1 rings (SSSR count). The van der Waals surface area contributed by atoms with Crippen molar-refractivity contribution in [1.82, 2.24) is 5.32 Å². The van der Waals surface area contributed by atoms with Crippen LogP contribution in [0, 0.1) is 5.92 Å². The van der Waals surface area contributed by atoms with E-state index in [1.807, 2.05) is 0 Å². The maximum Gasteiger partial charge on any atom is 1.00 e. The van der Waals surface area contributed by atoms with Gasteiger partial charge in [0.05, 0.1) is 12.0 Å². The first-order valence-electron chi connectivity index (χ1n) is 5.44. The zero-order valence-corrected chi connectivity index (χ0v) is 14.9. The number of amides is 2. The van der Waals surface area contributed by atoms with Gasteiger partial charge in [-0.2, -0.15) is 0 Å². The SMILES string of the molecule is CC(C)C(NC(=O)Nc1ccc(Cl)cc1)C(=O)[O-].[K+]. The molecule has 1 atom stereocenters. The fourth-order valence-electron chi connectivity index (χ4n) is 1.34. The second-order valence-corrected chi connectivity index (χ2v) is 4.58. The summed E-state index contributed by atoms with van der Waals surface area (Å²) in [5, 5.41) is 16.2. The number of aliphatic carboxylic acids is 1. The Bertz CT molecular complexity index is 437. The van der Waals surface area contributed by atoms with Gasteiger partial charge >= 0.3 is 57.4 Å². The van der Waals surface area contributed by atoms with Crippen molar-refractivity contribution < 1.29 is 66.1 Å². The third kappa shape index (κ3) is 6.74. The van der Waals surface area contributed by atoms with E-state index < -0.39 is 18.0 Å². The predicted molar refractivity (Wildman–Crippen MR) is 67.2 cm³/mol. The fraction of sp³-hybridized carbons (Fsp3) is 0.333. The van der Waals surface area contributed by atoms with Gasteiger partial charge in [0.1, 0.15) is 0 Å². The first-order chi connectivity index (χ1) is 8.40. The molecule has 0 heterocycles. The van der Waals surface area contributed by atoms with Crippen LogP contribution in [-0.2, 0) is 4.79 Å². The Morgan fingerprint density at radius 2 is 1.74 bits per heavy atom. The molecule has 0 bridgehead atoms. The maximum atomic E-state index is 11.6. The van der Waals surface area contributed by atoms with E-state index in [4.69, 9.17) is 11.6 Å². The molecule has 5 nitrogen and oxygen atoms in total. The fourth-order valence-corrected chi connectivity index (χ4v) is 1.47. The summed E-state index contributed by atoms with van der Waals surface area (Å²) in [4.78, 5) is 22.4. The van der Waals surface area contributed by atoms with Gasteiger partial charge in [-0.1, -0.05) is 25.4 Å². The summed E-state index contributed by atoms with van der Waals surface area (Å²) in [6.07, 6.45) is 0. The number of urea groups is 1. The average molecular weight is 309 g/mol. The zero-order valence-electron chi connectivity index (χ0n) is 11.1. The predicted octanol–water partition coefficient (Wildman–Crippen LogP) is -1.76. The second-order valence-electron chi connectivity index (χ2n) is 4.15. The van der Waals surface area contributed by atoms with Crippen LogP contribution >= 0.6 is 11.6 Å². The van der Waals surface area contributed by atoms with Gasteiger partial charge in [0.25, 0.3) is 0 Å². The average Bonchev–Trinajstić information content (AvgIpc) is 2.28. The Balaban J connectivity index is 0.00000324. The molecule has 1 unspecified atom stereocenters. The van der Waals surface area contributed by atoms with E-state index in [1.54, 1.807) is 38.1 Å². The Labute approximate surface area is 159 Å². The first-order valence-corrected chi connectivity index (χ1v) is 5.82. The number of rotatable bonds is 4. The molecule has 0 aromatic heterocycles. The molecule has 0 fully saturated rings. The van der Waals surface area contributed by atoms with E-state index in [2.05, 4.69) is 10.6 Å². The Morgan fingerprint density at radius 1 is 1.21 bits per heavy atom. The van der Waals surface area contributed by atoms with Crippen LogP contribution in [0.25, 0.3) is 0 Å². The number of carbonyl (C=O) groups is 2. The normalized spacial score (nSPS) is 11.4. The van der Waals surface area contributed by atoms with Gasteiger partial charge in [-0.15, -0.1) is 0 Å². The van der Waals surface area contributed by atoms with Crippen LogP contribution in [0.1, 0.15) is 13.8 Å². The molecule has 98 valence electrons. The number of halogens is 1. The smallest absolute Gasteiger partial charge is 0.548 e. The van der Waals surface area contributed by atoms with Gasteiger partial charge in [0, 0.05) is 10.7 Å². The summed E-state index contributed by atoms with van der Waals surface area (Å²) < 4.78 is 0. The number of hydrogen-bond acceptors (Lipinski definition) is 3. The molecule has 19 heavy (non-hydrogen) atoms. The van der Waals surface area contributed by atoms with Crippen molar-refractivity contribution in [3.63, 3.8) is 0 Å². The zero-order chi connectivity index (χ0) is 13.7. The molecule has 0 radical (unpaired) electrons. The summed E-state index contributed by atoms with van der Waals surface area (Å²) in [5.41, 5.74) is 0.526. The van der Waals surface area contributed by atoms with E-state index >= 15 is 0 Å². The van der Waals surface area contributed by atoms with E-state index in [0.29, 0.717) is 10.7 Å². The molecular weight excluding hydrogens is 295 g/mol. The number of anilines is 1. The van der Waals surface area contributed by atoms with E-state index in [-0.39, 0.29) is 57.3 Å². The second kappa shape index (κ2) is 8.94. The van der Waals surface area contributed by atoms with Crippen molar-refractivity contribution in [3.8, 4) is 0 Å². The standard InChI is InChI=1S/C12H15ClN2O3.K/c1-7(2)10(11(16)17)15-12(18)14-9-5-3-8(13)4-6-9;/h3-7,10H,1-2H3,(H,16,17)(H2,14,15,18);/q;+1/p-1. The molecule has 1 aromatic carbocycles. The van der Waals surface area contributed by atoms with Crippen LogP contribution in [0.2, 0.25) is 5.02 Å². The molecular formula is C12H14ClKN2O3. The van der Waals surface area contributed by atoms with Crippen LogP contribution in [0.4, 0.5) is 10.5 Å². The summed E-state index contributed by atoms with van der Waals surface area (Å²) in [7, 11) is 0. The number of carboxylic acids is 1. The third-order valence-electron chi connectivity index (χ3n) is 2.31. The molecule has 0 aliphatic heterocycles. The number of nitrogens with one attached hydrogen (secondary N) is 2.